The molecule has 2 N–H and O–H groups in total. The number of aliphatic hydroxyl groups is 1. The number of hydrogen-bond acceptors (Lipinski definition) is 5. The van der Waals surface area contributed by atoms with Gasteiger partial charge < -0.3 is 24.6 Å². The molecule has 1 saturated heterocycles. The van der Waals surface area contributed by atoms with Crippen LogP contribution in [0.25, 0.3) is 0 Å². The Hall–Kier alpha value is -0.820. The van der Waals surface area contributed by atoms with Gasteiger partial charge in [0.05, 0.1) is 6.10 Å². The van der Waals surface area contributed by atoms with Crippen molar-refractivity contribution in [2.75, 3.05) is 19.9 Å². The molecule has 20 heavy (non-hydrogen) atoms. The summed E-state index contributed by atoms with van der Waals surface area (Å²) < 4.78 is 17.1. The van der Waals surface area contributed by atoms with Crippen LogP contribution >= 0.6 is 15.9 Å². The van der Waals surface area contributed by atoms with Crippen molar-refractivity contribution in [3.63, 3.8) is 0 Å². The number of halogens is 1. The second kappa shape index (κ2) is 5.52. The second-order valence-electron chi connectivity index (χ2n) is 5.27. The predicted octanol–water partition coefficient (Wildman–Crippen LogP) is 1.81. The van der Waals surface area contributed by atoms with Gasteiger partial charge in [0.1, 0.15) is 5.60 Å². The third-order valence-corrected chi connectivity index (χ3v) is 4.69. The van der Waals surface area contributed by atoms with Gasteiger partial charge in [-0.25, -0.2) is 0 Å². The molecule has 2 heterocycles. The maximum atomic E-state index is 10.4. The molecule has 0 aliphatic carbocycles. The van der Waals surface area contributed by atoms with Crippen LogP contribution in [-0.2, 0) is 11.3 Å². The third kappa shape index (κ3) is 2.65. The lowest BCUT2D eigenvalue weighted by Crippen LogP contribution is -2.45. The molecule has 0 bridgehead atoms. The van der Waals surface area contributed by atoms with Gasteiger partial charge in [0, 0.05) is 30.6 Å². The molecule has 2 unspecified atom stereocenters. The molecule has 0 aromatic heterocycles. The van der Waals surface area contributed by atoms with E-state index in [4.69, 9.17) is 14.2 Å². The molecular formula is C14H18BrNO4. The van der Waals surface area contributed by atoms with Crippen molar-refractivity contribution in [1.29, 1.82) is 0 Å². The number of ether oxygens (including phenoxy) is 3. The number of nitrogens with one attached hydrogen (secondary N) is 1. The minimum atomic E-state index is -0.775. The number of benzene rings is 1. The summed E-state index contributed by atoms with van der Waals surface area (Å²) >= 11 is 3.53. The van der Waals surface area contributed by atoms with Gasteiger partial charge in [0.2, 0.25) is 6.79 Å². The van der Waals surface area contributed by atoms with Gasteiger partial charge in [0.25, 0.3) is 0 Å². The van der Waals surface area contributed by atoms with E-state index in [1.807, 2.05) is 19.1 Å². The van der Waals surface area contributed by atoms with Crippen molar-refractivity contribution in [1.82, 2.24) is 5.32 Å². The topological polar surface area (TPSA) is 60.0 Å². The average molecular weight is 344 g/mol. The fourth-order valence-corrected chi connectivity index (χ4v) is 2.97. The van der Waals surface area contributed by atoms with Crippen molar-refractivity contribution >= 4 is 15.9 Å². The van der Waals surface area contributed by atoms with E-state index in [1.165, 1.54) is 0 Å². The smallest absolute Gasteiger partial charge is 0.231 e. The SMILES string of the molecule is CC1OCCC1(O)CNCc1cc2c(cc1Br)OCO2. The zero-order valence-corrected chi connectivity index (χ0v) is 12.9. The van der Waals surface area contributed by atoms with Crippen molar-refractivity contribution in [3.05, 3.63) is 22.2 Å². The van der Waals surface area contributed by atoms with Gasteiger partial charge in [-0.2, -0.15) is 0 Å². The van der Waals surface area contributed by atoms with Gasteiger partial charge in [-0.1, -0.05) is 15.9 Å². The maximum Gasteiger partial charge on any atom is 0.231 e. The van der Waals surface area contributed by atoms with E-state index >= 15 is 0 Å². The van der Waals surface area contributed by atoms with E-state index in [9.17, 15) is 5.11 Å². The van der Waals surface area contributed by atoms with E-state index < -0.39 is 5.60 Å². The molecule has 6 heteroatoms. The number of fused-ring (bicyclic) bond motifs is 1. The van der Waals surface area contributed by atoms with E-state index in [0.717, 1.165) is 21.5 Å². The predicted molar refractivity (Wildman–Crippen MR) is 77.0 cm³/mol. The molecule has 0 radical (unpaired) electrons. The Morgan fingerprint density at radius 1 is 1.40 bits per heavy atom. The number of hydrogen-bond donors (Lipinski definition) is 2. The molecule has 1 aromatic rings. The highest BCUT2D eigenvalue weighted by atomic mass is 79.9. The third-order valence-electron chi connectivity index (χ3n) is 3.95. The maximum absolute atomic E-state index is 10.4. The molecule has 5 nitrogen and oxygen atoms in total. The molecule has 110 valence electrons. The lowest BCUT2D eigenvalue weighted by molar-refractivity contribution is -0.0263. The van der Waals surface area contributed by atoms with Crippen LogP contribution in [0.4, 0.5) is 0 Å². The van der Waals surface area contributed by atoms with Crippen molar-refractivity contribution in [2.24, 2.45) is 0 Å². The highest BCUT2D eigenvalue weighted by molar-refractivity contribution is 9.10. The minimum absolute atomic E-state index is 0.129. The van der Waals surface area contributed by atoms with E-state index in [-0.39, 0.29) is 12.9 Å². The van der Waals surface area contributed by atoms with Crippen LogP contribution in [0.2, 0.25) is 0 Å². The van der Waals surface area contributed by atoms with Crippen LogP contribution in [0.1, 0.15) is 18.9 Å². The molecule has 0 saturated carbocycles. The minimum Gasteiger partial charge on any atom is -0.454 e. The Morgan fingerprint density at radius 3 is 2.85 bits per heavy atom. The average Bonchev–Trinajstić information content (AvgIpc) is 2.98. The first kappa shape index (κ1) is 14.1. The standard InChI is InChI=1S/C14H18BrNO4/c1-9-14(17,2-3-18-9)7-16-6-10-4-12-13(5-11(10)15)20-8-19-12/h4-5,9,16-17H,2-3,6-8H2,1H3. The van der Waals surface area contributed by atoms with Gasteiger partial charge >= 0.3 is 0 Å². The van der Waals surface area contributed by atoms with Gasteiger partial charge in [-0.15, -0.1) is 0 Å². The first-order valence-electron chi connectivity index (χ1n) is 6.71. The van der Waals surface area contributed by atoms with Gasteiger partial charge in [-0.05, 0) is 24.6 Å². The Balaban J connectivity index is 1.61. The van der Waals surface area contributed by atoms with E-state index in [2.05, 4.69) is 21.2 Å². The van der Waals surface area contributed by atoms with E-state index in [0.29, 0.717) is 26.1 Å². The molecule has 0 amide bonds. The van der Waals surface area contributed by atoms with Crippen LogP contribution in [0.5, 0.6) is 11.5 Å². The fourth-order valence-electron chi connectivity index (χ4n) is 2.51. The summed E-state index contributed by atoms with van der Waals surface area (Å²) in [5.74, 6) is 1.53. The lowest BCUT2D eigenvalue weighted by atomic mass is 9.96. The molecule has 1 fully saturated rings. The quantitative estimate of drug-likeness (QED) is 0.873. The highest BCUT2D eigenvalue weighted by Gasteiger charge is 2.39. The summed E-state index contributed by atoms with van der Waals surface area (Å²) in [5, 5.41) is 13.7. The second-order valence-corrected chi connectivity index (χ2v) is 6.12. The summed E-state index contributed by atoms with van der Waals surface area (Å²) in [7, 11) is 0. The summed E-state index contributed by atoms with van der Waals surface area (Å²) in [6.45, 7) is 3.95. The lowest BCUT2D eigenvalue weighted by Gasteiger charge is -2.26. The van der Waals surface area contributed by atoms with Crippen LogP contribution in [0.15, 0.2) is 16.6 Å². The molecule has 1 aromatic carbocycles. The summed E-state index contributed by atoms with van der Waals surface area (Å²) in [5.41, 5.74) is 0.299. The molecule has 2 aliphatic heterocycles. The van der Waals surface area contributed by atoms with Crippen LogP contribution in [-0.4, -0.2) is 36.8 Å². The molecule has 0 spiro atoms. The van der Waals surface area contributed by atoms with Crippen molar-refractivity contribution < 1.29 is 19.3 Å². The first-order chi connectivity index (χ1) is 9.58. The van der Waals surface area contributed by atoms with Gasteiger partial charge in [0.15, 0.2) is 11.5 Å². The van der Waals surface area contributed by atoms with E-state index in [1.54, 1.807) is 0 Å². The molecule has 2 aliphatic rings. The summed E-state index contributed by atoms with van der Waals surface area (Å²) in [6.07, 6.45) is 0.541. The van der Waals surface area contributed by atoms with Crippen LogP contribution in [0, 0.1) is 0 Å². The molecule has 2 atom stereocenters. The Labute approximate surface area is 126 Å². The fraction of sp³-hybridized carbons (Fsp3) is 0.571. The zero-order valence-electron chi connectivity index (χ0n) is 11.3. The van der Waals surface area contributed by atoms with Gasteiger partial charge in [-0.3, -0.25) is 0 Å². The normalized spacial score (nSPS) is 28.1. The van der Waals surface area contributed by atoms with Crippen molar-refractivity contribution in [3.8, 4) is 11.5 Å². The molecule has 3 rings (SSSR count). The largest absolute Gasteiger partial charge is 0.454 e. The summed E-state index contributed by atoms with van der Waals surface area (Å²) in [6, 6.07) is 3.87. The molecular weight excluding hydrogens is 326 g/mol. The monoisotopic (exact) mass is 343 g/mol. The van der Waals surface area contributed by atoms with Crippen LogP contribution in [0.3, 0.4) is 0 Å². The highest BCUT2D eigenvalue weighted by Crippen LogP contribution is 2.37. The summed E-state index contributed by atoms with van der Waals surface area (Å²) in [4.78, 5) is 0. The zero-order chi connectivity index (χ0) is 14.2. The number of rotatable bonds is 4. The van der Waals surface area contributed by atoms with Crippen molar-refractivity contribution in [2.45, 2.75) is 31.6 Å². The Bertz CT molecular complexity index is 510. The first-order valence-corrected chi connectivity index (χ1v) is 7.50. The Morgan fingerprint density at radius 2 is 2.15 bits per heavy atom. The van der Waals surface area contributed by atoms with Crippen LogP contribution < -0.4 is 14.8 Å². The Kier molecular flexibility index (Phi) is 3.90.